The number of hydrogen-bond acceptors (Lipinski definition) is 4. The van der Waals surface area contributed by atoms with Crippen LogP contribution in [0.25, 0.3) is 0 Å². The SMILES string of the molecule is COc1cc(C(C)NCC(=O)NCC(C)C)ccc1O. The van der Waals surface area contributed by atoms with Crippen molar-refractivity contribution in [2.24, 2.45) is 5.92 Å². The molecule has 1 aromatic carbocycles. The summed E-state index contributed by atoms with van der Waals surface area (Å²) in [5.41, 5.74) is 0.955. The third-order valence-corrected chi connectivity index (χ3v) is 2.98. The van der Waals surface area contributed by atoms with Crippen LogP contribution in [0.5, 0.6) is 11.5 Å². The molecule has 0 aromatic heterocycles. The molecule has 1 unspecified atom stereocenters. The number of benzene rings is 1. The summed E-state index contributed by atoms with van der Waals surface area (Å²) in [5.74, 6) is 0.965. The summed E-state index contributed by atoms with van der Waals surface area (Å²) < 4.78 is 5.07. The van der Waals surface area contributed by atoms with Crippen molar-refractivity contribution >= 4 is 5.91 Å². The van der Waals surface area contributed by atoms with Gasteiger partial charge in [-0.25, -0.2) is 0 Å². The van der Waals surface area contributed by atoms with Crippen LogP contribution in [-0.2, 0) is 4.79 Å². The third-order valence-electron chi connectivity index (χ3n) is 2.98. The molecule has 5 nitrogen and oxygen atoms in total. The van der Waals surface area contributed by atoms with Gasteiger partial charge in [0, 0.05) is 12.6 Å². The van der Waals surface area contributed by atoms with Gasteiger partial charge in [-0.05, 0) is 30.5 Å². The quantitative estimate of drug-likeness (QED) is 0.712. The lowest BCUT2D eigenvalue weighted by Crippen LogP contribution is -2.36. The van der Waals surface area contributed by atoms with Gasteiger partial charge >= 0.3 is 0 Å². The van der Waals surface area contributed by atoms with Gasteiger partial charge in [0.05, 0.1) is 13.7 Å². The van der Waals surface area contributed by atoms with E-state index in [1.165, 1.54) is 7.11 Å². The number of methoxy groups -OCH3 is 1. The predicted octanol–water partition coefficient (Wildman–Crippen LogP) is 1.82. The Morgan fingerprint density at radius 2 is 2.05 bits per heavy atom. The van der Waals surface area contributed by atoms with Gasteiger partial charge in [0.25, 0.3) is 0 Å². The maximum atomic E-state index is 11.6. The Bertz CT molecular complexity index is 447. The number of ether oxygens (including phenoxy) is 1. The molecule has 0 aliphatic rings. The molecule has 1 aromatic rings. The Kier molecular flexibility index (Phi) is 6.31. The molecule has 0 saturated carbocycles. The van der Waals surface area contributed by atoms with Crippen LogP contribution in [0.1, 0.15) is 32.4 Å². The lowest BCUT2D eigenvalue weighted by Gasteiger charge is -2.16. The first kappa shape index (κ1) is 16.3. The molecule has 0 spiro atoms. The summed E-state index contributed by atoms with van der Waals surface area (Å²) in [5, 5.41) is 15.5. The van der Waals surface area contributed by atoms with Gasteiger partial charge in [0.1, 0.15) is 0 Å². The van der Waals surface area contributed by atoms with Crippen molar-refractivity contribution in [1.82, 2.24) is 10.6 Å². The number of aromatic hydroxyl groups is 1. The number of phenols is 1. The highest BCUT2D eigenvalue weighted by molar-refractivity contribution is 5.78. The van der Waals surface area contributed by atoms with Crippen LogP contribution in [0.15, 0.2) is 18.2 Å². The van der Waals surface area contributed by atoms with Crippen molar-refractivity contribution < 1.29 is 14.6 Å². The van der Waals surface area contributed by atoms with Crippen LogP contribution in [-0.4, -0.2) is 31.2 Å². The van der Waals surface area contributed by atoms with Crippen LogP contribution in [0.4, 0.5) is 0 Å². The average Bonchev–Trinajstić information content (AvgIpc) is 2.42. The molecule has 0 saturated heterocycles. The summed E-state index contributed by atoms with van der Waals surface area (Å²) >= 11 is 0. The van der Waals surface area contributed by atoms with Crippen molar-refractivity contribution in [3.63, 3.8) is 0 Å². The second kappa shape index (κ2) is 7.75. The molecular weight excluding hydrogens is 256 g/mol. The first-order valence-corrected chi connectivity index (χ1v) is 6.81. The van der Waals surface area contributed by atoms with E-state index in [0.29, 0.717) is 18.2 Å². The lowest BCUT2D eigenvalue weighted by atomic mass is 10.1. The van der Waals surface area contributed by atoms with E-state index in [-0.39, 0.29) is 24.2 Å². The van der Waals surface area contributed by atoms with Gasteiger partial charge in [-0.1, -0.05) is 19.9 Å². The van der Waals surface area contributed by atoms with Gasteiger partial charge in [-0.2, -0.15) is 0 Å². The van der Waals surface area contributed by atoms with Crippen molar-refractivity contribution in [3.05, 3.63) is 23.8 Å². The summed E-state index contributed by atoms with van der Waals surface area (Å²) in [6.07, 6.45) is 0. The minimum Gasteiger partial charge on any atom is -0.504 e. The van der Waals surface area contributed by atoms with E-state index in [1.54, 1.807) is 12.1 Å². The minimum absolute atomic E-state index is 0.00528. The fraction of sp³-hybridized carbons (Fsp3) is 0.533. The average molecular weight is 280 g/mol. The number of hydrogen-bond donors (Lipinski definition) is 3. The maximum absolute atomic E-state index is 11.6. The van der Waals surface area contributed by atoms with Gasteiger partial charge < -0.3 is 20.5 Å². The Labute approximate surface area is 120 Å². The molecule has 1 amide bonds. The molecule has 1 atom stereocenters. The van der Waals surface area contributed by atoms with Crippen LogP contribution < -0.4 is 15.4 Å². The Hall–Kier alpha value is -1.75. The zero-order valence-corrected chi connectivity index (χ0v) is 12.6. The lowest BCUT2D eigenvalue weighted by molar-refractivity contribution is -0.120. The smallest absolute Gasteiger partial charge is 0.233 e. The minimum atomic E-state index is -0.0173. The molecule has 0 heterocycles. The van der Waals surface area contributed by atoms with Crippen molar-refractivity contribution in [3.8, 4) is 11.5 Å². The van der Waals surface area contributed by atoms with E-state index in [9.17, 15) is 9.90 Å². The Morgan fingerprint density at radius 3 is 2.65 bits per heavy atom. The third kappa shape index (κ3) is 5.09. The summed E-state index contributed by atoms with van der Waals surface area (Å²) in [7, 11) is 1.51. The topological polar surface area (TPSA) is 70.6 Å². The molecule has 3 N–H and O–H groups in total. The van der Waals surface area contributed by atoms with E-state index in [1.807, 2.05) is 13.0 Å². The molecular formula is C15H24N2O3. The molecule has 20 heavy (non-hydrogen) atoms. The maximum Gasteiger partial charge on any atom is 0.233 e. The highest BCUT2D eigenvalue weighted by Crippen LogP contribution is 2.28. The largest absolute Gasteiger partial charge is 0.504 e. The normalized spacial score (nSPS) is 12.2. The number of carbonyl (C=O) groups excluding carboxylic acids is 1. The van der Waals surface area contributed by atoms with Gasteiger partial charge in [0.2, 0.25) is 5.91 Å². The van der Waals surface area contributed by atoms with E-state index in [4.69, 9.17) is 4.74 Å². The molecule has 0 bridgehead atoms. The van der Waals surface area contributed by atoms with Crippen LogP contribution >= 0.6 is 0 Å². The number of rotatable bonds is 7. The fourth-order valence-electron chi connectivity index (χ4n) is 1.71. The monoisotopic (exact) mass is 280 g/mol. The van der Waals surface area contributed by atoms with Crippen molar-refractivity contribution in [1.29, 1.82) is 0 Å². The second-order valence-corrected chi connectivity index (χ2v) is 5.23. The molecule has 1 rings (SSSR count). The summed E-state index contributed by atoms with van der Waals surface area (Å²) in [6.45, 7) is 7.01. The molecule has 0 radical (unpaired) electrons. The predicted molar refractivity (Wildman–Crippen MR) is 78.9 cm³/mol. The summed E-state index contributed by atoms with van der Waals surface area (Å²) in [6, 6.07) is 5.15. The van der Waals surface area contributed by atoms with E-state index < -0.39 is 0 Å². The Morgan fingerprint density at radius 1 is 1.35 bits per heavy atom. The number of amides is 1. The van der Waals surface area contributed by atoms with E-state index >= 15 is 0 Å². The van der Waals surface area contributed by atoms with Crippen LogP contribution in [0.2, 0.25) is 0 Å². The first-order chi connectivity index (χ1) is 9.43. The second-order valence-electron chi connectivity index (χ2n) is 5.23. The molecule has 5 heteroatoms. The molecule has 0 aliphatic heterocycles. The first-order valence-electron chi connectivity index (χ1n) is 6.81. The highest BCUT2D eigenvalue weighted by atomic mass is 16.5. The summed E-state index contributed by atoms with van der Waals surface area (Å²) in [4.78, 5) is 11.6. The van der Waals surface area contributed by atoms with Gasteiger partial charge in [0.15, 0.2) is 11.5 Å². The van der Waals surface area contributed by atoms with Crippen LogP contribution in [0.3, 0.4) is 0 Å². The van der Waals surface area contributed by atoms with Crippen molar-refractivity contribution in [2.75, 3.05) is 20.2 Å². The molecule has 0 aliphatic carbocycles. The van der Waals surface area contributed by atoms with Crippen LogP contribution in [0, 0.1) is 5.92 Å². The highest BCUT2D eigenvalue weighted by Gasteiger charge is 2.10. The number of carbonyl (C=O) groups is 1. The van der Waals surface area contributed by atoms with E-state index in [0.717, 1.165) is 5.56 Å². The number of nitrogens with one attached hydrogen (secondary N) is 2. The van der Waals surface area contributed by atoms with E-state index in [2.05, 4.69) is 24.5 Å². The standard InChI is InChI=1S/C15H24N2O3/c1-10(2)8-17-15(19)9-16-11(3)12-5-6-13(18)14(7-12)20-4/h5-7,10-11,16,18H,8-9H2,1-4H3,(H,17,19). The zero-order chi connectivity index (χ0) is 15.1. The molecule has 0 fully saturated rings. The van der Waals surface area contributed by atoms with Gasteiger partial charge in [-0.3, -0.25) is 4.79 Å². The number of phenolic OH excluding ortho intramolecular Hbond substituents is 1. The van der Waals surface area contributed by atoms with Crippen molar-refractivity contribution in [2.45, 2.75) is 26.8 Å². The molecule has 112 valence electrons. The zero-order valence-electron chi connectivity index (χ0n) is 12.6. The fourth-order valence-corrected chi connectivity index (χ4v) is 1.71. The van der Waals surface area contributed by atoms with Gasteiger partial charge in [-0.15, -0.1) is 0 Å². The Balaban J connectivity index is 2.50.